The van der Waals surface area contributed by atoms with Crippen molar-refractivity contribution < 1.29 is 62.9 Å². The second-order valence-corrected chi connectivity index (χ2v) is 20.2. The van der Waals surface area contributed by atoms with Crippen LogP contribution in [0.3, 0.4) is 0 Å². The highest BCUT2D eigenvalue weighted by Gasteiger charge is 2.57. The number of nitrogens with zero attached hydrogens (tertiary/aromatic N) is 2. The molecule has 15 atom stereocenters. The van der Waals surface area contributed by atoms with Crippen molar-refractivity contribution in [2.24, 2.45) is 29.6 Å². The SMILES string of the molecule is C=CCn1ccc2cc(OC3CCC(C=C(C)C4OC(=O)C5CCCCN5C(=O)C(=O)C5(O)OC(C(OC)CC(C)C(O)C(C)=CC(CC)C(=O)CC(O)C4C)C(OC)CC5C)CC3OC)ccc21. The van der Waals surface area contributed by atoms with Crippen LogP contribution in [-0.2, 0) is 49.4 Å². The van der Waals surface area contributed by atoms with Gasteiger partial charge in [0.15, 0.2) is 0 Å². The zero-order valence-electron chi connectivity index (χ0n) is 42.2. The van der Waals surface area contributed by atoms with Crippen molar-refractivity contribution in [3.63, 3.8) is 0 Å². The summed E-state index contributed by atoms with van der Waals surface area (Å²) in [4.78, 5) is 58.6. The molecule has 2 aromatic rings. The number of hydrogen-bond donors (Lipinski definition) is 3. The fraction of sp³-hybridized carbons (Fsp3) is 0.667. The Hall–Kier alpha value is -4.22. The molecule has 69 heavy (non-hydrogen) atoms. The molecule has 382 valence electrons. The Morgan fingerprint density at radius 3 is 2.32 bits per heavy atom. The molecule has 1 saturated carbocycles. The maximum Gasteiger partial charge on any atom is 0.329 e. The monoisotopic (exact) mass is 963 g/mol. The molecule has 3 fully saturated rings. The van der Waals surface area contributed by atoms with Crippen molar-refractivity contribution in [3.8, 4) is 5.75 Å². The molecule has 4 heterocycles. The van der Waals surface area contributed by atoms with E-state index in [1.165, 1.54) is 19.1 Å². The number of aliphatic hydroxyl groups excluding tert-OH is 2. The minimum Gasteiger partial charge on any atom is -0.488 e. The summed E-state index contributed by atoms with van der Waals surface area (Å²) in [5.74, 6) is -7.87. The molecule has 1 aromatic carbocycles. The number of piperidine rings is 1. The van der Waals surface area contributed by atoms with Crippen LogP contribution in [0.1, 0.15) is 106 Å². The molecule has 15 unspecified atom stereocenters. The minimum absolute atomic E-state index is 0.0192. The number of carbonyl (C=O) groups is 4. The highest BCUT2D eigenvalue weighted by Crippen LogP contribution is 2.40. The lowest BCUT2D eigenvalue weighted by Crippen LogP contribution is -2.64. The first-order valence-corrected chi connectivity index (χ1v) is 25.1. The summed E-state index contributed by atoms with van der Waals surface area (Å²) < 4.78 is 39.0. The van der Waals surface area contributed by atoms with E-state index in [1.807, 2.05) is 57.3 Å². The number of ether oxygens (including phenoxy) is 6. The lowest BCUT2D eigenvalue weighted by molar-refractivity contribution is -0.302. The maximum absolute atomic E-state index is 14.6. The summed E-state index contributed by atoms with van der Waals surface area (Å²) in [7, 11) is 4.62. The molecule has 1 aliphatic carbocycles. The van der Waals surface area contributed by atoms with Crippen LogP contribution in [0.15, 0.2) is 66.4 Å². The van der Waals surface area contributed by atoms with Gasteiger partial charge in [0.05, 0.1) is 30.5 Å². The van der Waals surface area contributed by atoms with E-state index in [1.54, 1.807) is 34.0 Å². The van der Waals surface area contributed by atoms with Crippen molar-refractivity contribution in [2.75, 3.05) is 27.9 Å². The number of Topliss-reactive ketones (excluding diaryl/α,β-unsaturated/α-hetero) is 2. The first kappa shape index (κ1) is 54.1. The van der Waals surface area contributed by atoms with E-state index in [4.69, 9.17) is 28.4 Å². The summed E-state index contributed by atoms with van der Waals surface area (Å²) in [6, 6.07) is 6.92. The van der Waals surface area contributed by atoms with Crippen molar-refractivity contribution in [2.45, 2.75) is 173 Å². The van der Waals surface area contributed by atoms with Gasteiger partial charge in [0.1, 0.15) is 35.9 Å². The lowest BCUT2D eigenvalue weighted by Gasteiger charge is -2.47. The second-order valence-electron chi connectivity index (χ2n) is 20.2. The Labute approximate surface area is 408 Å². The van der Waals surface area contributed by atoms with Gasteiger partial charge in [0, 0.05) is 75.7 Å². The normalized spacial score (nSPS) is 36.3. The molecular formula is C54H78N2O13. The van der Waals surface area contributed by atoms with Crippen LogP contribution in [0.5, 0.6) is 5.75 Å². The largest absolute Gasteiger partial charge is 0.488 e. The fourth-order valence-corrected chi connectivity index (χ4v) is 11.2. The summed E-state index contributed by atoms with van der Waals surface area (Å²) in [6.07, 6.45) is 5.33. The number of rotatable bonds is 10. The quantitative estimate of drug-likeness (QED) is 0.130. The van der Waals surface area contributed by atoms with Crippen LogP contribution < -0.4 is 4.74 Å². The first-order valence-electron chi connectivity index (χ1n) is 25.1. The number of aromatic nitrogens is 1. The number of hydrogen-bond acceptors (Lipinski definition) is 13. The smallest absolute Gasteiger partial charge is 0.329 e. The molecule has 6 rings (SSSR count). The number of esters is 1. The number of carbonyl (C=O) groups excluding carboxylic acids is 4. The first-order chi connectivity index (χ1) is 32.9. The molecule has 0 spiro atoms. The van der Waals surface area contributed by atoms with Gasteiger partial charge in [0.2, 0.25) is 5.79 Å². The predicted octanol–water partition coefficient (Wildman–Crippen LogP) is 6.67. The molecule has 2 bridgehead atoms. The Morgan fingerprint density at radius 1 is 0.928 bits per heavy atom. The summed E-state index contributed by atoms with van der Waals surface area (Å²) in [5.41, 5.74) is 2.30. The number of ketones is 2. The number of allylic oxidation sites excluding steroid dienone is 3. The zero-order valence-corrected chi connectivity index (χ0v) is 42.2. The van der Waals surface area contributed by atoms with E-state index in [0.717, 1.165) is 23.1 Å². The molecule has 1 aromatic heterocycles. The van der Waals surface area contributed by atoms with E-state index in [2.05, 4.69) is 17.2 Å². The second kappa shape index (κ2) is 23.8. The average Bonchev–Trinajstić information content (AvgIpc) is 3.75. The topological polar surface area (TPSA) is 193 Å². The highest BCUT2D eigenvalue weighted by molar-refractivity contribution is 6.39. The molecule has 1 amide bonds. The minimum atomic E-state index is -2.58. The molecule has 15 heteroatoms. The molecule has 3 aliphatic heterocycles. The van der Waals surface area contributed by atoms with Gasteiger partial charge in [-0.1, -0.05) is 45.9 Å². The van der Waals surface area contributed by atoms with E-state index in [0.29, 0.717) is 49.8 Å². The van der Waals surface area contributed by atoms with Crippen molar-refractivity contribution in [1.29, 1.82) is 0 Å². The third-order valence-corrected chi connectivity index (χ3v) is 15.5. The fourth-order valence-electron chi connectivity index (χ4n) is 11.2. The van der Waals surface area contributed by atoms with Crippen molar-refractivity contribution in [3.05, 3.63) is 66.4 Å². The van der Waals surface area contributed by atoms with Crippen LogP contribution in [-0.4, -0.2) is 137 Å². The van der Waals surface area contributed by atoms with Crippen LogP contribution in [0, 0.1) is 29.6 Å². The summed E-state index contributed by atoms with van der Waals surface area (Å²) >= 11 is 0. The Bertz CT molecular complexity index is 2180. The third-order valence-electron chi connectivity index (χ3n) is 15.5. The average molecular weight is 963 g/mol. The number of amides is 1. The zero-order chi connectivity index (χ0) is 50.3. The van der Waals surface area contributed by atoms with Crippen LogP contribution in [0.4, 0.5) is 0 Å². The van der Waals surface area contributed by atoms with E-state index in [9.17, 15) is 34.5 Å². The van der Waals surface area contributed by atoms with Crippen LogP contribution in [0.2, 0.25) is 0 Å². The van der Waals surface area contributed by atoms with Crippen LogP contribution in [0.25, 0.3) is 10.9 Å². The van der Waals surface area contributed by atoms with E-state index in [-0.39, 0.29) is 56.1 Å². The molecule has 0 radical (unpaired) electrons. The van der Waals surface area contributed by atoms with Gasteiger partial charge in [-0.15, -0.1) is 6.58 Å². The van der Waals surface area contributed by atoms with E-state index >= 15 is 0 Å². The Kier molecular flexibility index (Phi) is 18.7. The van der Waals surface area contributed by atoms with Gasteiger partial charge in [-0.2, -0.15) is 0 Å². The van der Waals surface area contributed by atoms with E-state index < -0.39 is 89.8 Å². The summed E-state index contributed by atoms with van der Waals surface area (Å²) in [6.45, 7) is 15.3. The van der Waals surface area contributed by atoms with Crippen molar-refractivity contribution in [1.82, 2.24) is 9.47 Å². The summed E-state index contributed by atoms with van der Waals surface area (Å²) in [5, 5.41) is 36.7. The number of cyclic esters (lactones) is 1. The molecule has 2 saturated heterocycles. The third kappa shape index (κ3) is 12.1. The van der Waals surface area contributed by atoms with Gasteiger partial charge in [-0.25, -0.2) is 4.79 Å². The molecular weight excluding hydrogens is 885 g/mol. The predicted molar refractivity (Wildman–Crippen MR) is 260 cm³/mol. The van der Waals surface area contributed by atoms with Gasteiger partial charge < -0.3 is 53.2 Å². The Morgan fingerprint density at radius 2 is 1.64 bits per heavy atom. The van der Waals surface area contributed by atoms with Crippen molar-refractivity contribution >= 4 is 34.3 Å². The lowest BCUT2D eigenvalue weighted by atomic mass is 9.81. The highest BCUT2D eigenvalue weighted by atomic mass is 16.7. The molecule has 15 nitrogen and oxygen atoms in total. The van der Waals surface area contributed by atoms with Gasteiger partial charge >= 0.3 is 5.97 Å². The van der Waals surface area contributed by atoms with Gasteiger partial charge in [0.25, 0.3) is 11.7 Å². The Balaban J connectivity index is 1.30. The van der Waals surface area contributed by atoms with Gasteiger partial charge in [-0.3, -0.25) is 14.4 Å². The molecule has 4 aliphatic rings. The number of fused-ring (bicyclic) bond motifs is 4. The molecule has 3 N–H and O–H groups in total. The van der Waals surface area contributed by atoms with Crippen LogP contribution >= 0.6 is 0 Å². The number of aliphatic hydroxyl groups is 3. The maximum atomic E-state index is 14.6. The number of benzene rings is 1. The van der Waals surface area contributed by atoms with Gasteiger partial charge in [-0.05, 0) is 119 Å². The number of methoxy groups -OCH3 is 3. The standard InChI is InChI=1S/C54H78N2O13/c1-11-21-55-23-20-38-29-39(17-18-40(38)55)67-44-19-16-36(28-45(44)64-8)24-33(5)49-35(7)42(57)30-43(58)37(12-2)25-31(3)48(59)32(4)26-46(65-9)50-47(66-10)27-34(6)54(63,69-50)51(60)52(61)56-22-14-13-15-41(56)53(62)68-49/h11,17-18,20,23-25,29,32,34-37,41-42,44-50,57,59,63H,1,12-16,19,21-22,26-28,30H2,2-10H3.